The SMILES string of the molecule is O=C(NCCCc1nc2ccccc2s1)C1CCN(C(=O)CCOc2ccccc2)CC1. The van der Waals surface area contributed by atoms with Crippen molar-refractivity contribution in [2.75, 3.05) is 26.2 Å². The van der Waals surface area contributed by atoms with Gasteiger partial charge in [-0.15, -0.1) is 11.3 Å². The molecule has 0 bridgehead atoms. The molecule has 2 amide bonds. The van der Waals surface area contributed by atoms with E-state index in [2.05, 4.69) is 16.4 Å². The number of aryl methyl sites for hydroxylation is 1. The molecular formula is C25H29N3O3S. The summed E-state index contributed by atoms with van der Waals surface area (Å²) in [5.74, 6) is 0.963. The van der Waals surface area contributed by atoms with Crippen LogP contribution in [0.1, 0.15) is 30.7 Å². The first-order chi connectivity index (χ1) is 15.7. The molecular weight excluding hydrogens is 422 g/mol. The number of carbonyl (C=O) groups excluding carboxylic acids is 2. The van der Waals surface area contributed by atoms with Gasteiger partial charge in [0.1, 0.15) is 5.75 Å². The van der Waals surface area contributed by atoms with E-state index in [9.17, 15) is 9.59 Å². The average molecular weight is 452 g/mol. The van der Waals surface area contributed by atoms with Gasteiger partial charge in [-0.2, -0.15) is 0 Å². The maximum absolute atomic E-state index is 12.5. The van der Waals surface area contributed by atoms with E-state index in [1.165, 1.54) is 4.70 Å². The number of para-hydroxylation sites is 2. The van der Waals surface area contributed by atoms with Gasteiger partial charge in [0.25, 0.3) is 0 Å². The fourth-order valence-corrected chi connectivity index (χ4v) is 4.95. The fourth-order valence-electron chi connectivity index (χ4n) is 3.94. The summed E-state index contributed by atoms with van der Waals surface area (Å²) in [5.41, 5.74) is 1.05. The van der Waals surface area contributed by atoms with Gasteiger partial charge in [0.2, 0.25) is 11.8 Å². The van der Waals surface area contributed by atoms with Crippen molar-refractivity contribution >= 4 is 33.4 Å². The third kappa shape index (κ3) is 6.07. The number of nitrogens with zero attached hydrogens (tertiary/aromatic N) is 2. The van der Waals surface area contributed by atoms with Crippen molar-refractivity contribution in [3.8, 4) is 5.75 Å². The number of likely N-dealkylation sites (tertiary alicyclic amines) is 1. The van der Waals surface area contributed by atoms with Crippen molar-refractivity contribution < 1.29 is 14.3 Å². The van der Waals surface area contributed by atoms with Crippen LogP contribution in [0.5, 0.6) is 5.75 Å². The minimum atomic E-state index is -0.0120. The zero-order valence-electron chi connectivity index (χ0n) is 18.2. The Bertz CT molecular complexity index is 996. The third-order valence-corrected chi connectivity index (χ3v) is 6.85. The number of nitrogens with one attached hydrogen (secondary N) is 1. The van der Waals surface area contributed by atoms with Crippen molar-refractivity contribution in [2.24, 2.45) is 5.92 Å². The first-order valence-electron chi connectivity index (χ1n) is 11.3. The second kappa shape index (κ2) is 11.1. The minimum Gasteiger partial charge on any atom is -0.493 e. The van der Waals surface area contributed by atoms with Gasteiger partial charge < -0.3 is 15.0 Å². The summed E-state index contributed by atoms with van der Waals surface area (Å²) < 4.78 is 6.82. The molecule has 1 fully saturated rings. The molecule has 32 heavy (non-hydrogen) atoms. The van der Waals surface area contributed by atoms with Gasteiger partial charge in [0.05, 0.1) is 28.3 Å². The van der Waals surface area contributed by atoms with Crippen molar-refractivity contribution in [1.82, 2.24) is 15.2 Å². The topological polar surface area (TPSA) is 71.5 Å². The monoisotopic (exact) mass is 451 g/mol. The quantitative estimate of drug-likeness (QED) is 0.498. The number of fused-ring (bicyclic) bond motifs is 1. The van der Waals surface area contributed by atoms with E-state index in [4.69, 9.17) is 4.74 Å². The number of piperidine rings is 1. The van der Waals surface area contributed by atoms with Crippen LogP contribution in [0, 0.1) is 5.92 Å². The van der Waals surface area contributed by atoms with Crippen molar-refractivity contribution in [1.29, 1.82) is 0 Å². The Morgan fingerprint density at radius 2 is 1.81 bits per heavy atom. The highest BCUT2D eigenvalue weighted by Gasteiger charge is 2.27. The van der Waals surface area contributed by atoms with E-state index in [1.807, 2.05) is 53.4 Å². The predicted octanol–water partition coefficient (Wildman–Crippen LogP) is 4.05. The fraction of sp³-hybridized carbons (Fsp3) is 0.400. The lowest BCUT2D eigenvalue weighted by Crippen LogP contribution is -2.43. The van der Waals surface area contributed by atoms with E-state index in [0.29, 0.717) is 32.7 Å². The van der Waals surface area contributed by atoms with Crippen LogP contribution in [0.3, 0.4) is 0 Å². The second-order valence-electron chi connectivity index (χ2n) is 8.04. The number of amides is 2. The molecule has 1 saturated heterocycles. The Labute approximate surface area is 192 Å². The molecule has 0 spiro atoms. The number of thiazole rings is 1. The van der Waals surface area contributed by atoms with Crippen LogP contribution in [0.4, 0.5) is 0 Å². The summed E-state index contributed by atoms with van der Waals surface area (Å²) in [6, 6.07) is 17.7. The molecule has 168 valence electrons. The van der Waals surface area contributed by atoms with Crippen molar-refractivity contribution in [3.05, 3.63) is 59.6 Å². The summed E-state index contributed by atoms with van der Waals surface area (Å²) in [7, 11) is 0. The maximum atomic E-state index is 12.5. The van der Waals surface area contributed by atoms with Gasteiger partial charge >= 0.3 is 0 Å². The summed E-state index contributed by atoms with van der Waals surface area (Å²) in [6.45, 7) is 2.30. The second-order valence-corrected chi connectivity index (χ2v) is 9.15. The highest BCUT2D eigenvalue weighted by atomic mass is 32.1. The van der Waals surface area contributed by atoms with Crippen LogP contribution in [-0.4, -0.2) is 47.9 Å². The third-order valence-electron chi connectivity index (χ3n) is 5.75. The largest absolute Gasteiger partial charge is 0.493 e. The minimum absolute atomic E-state index is 0.0120. The van der Waals surface area contributed by atoms with Crippen LogP contribution < -0.4 is 10.1 Å². The Balaban J connectivity index is 1.11. The predicted molar refractivity (Wildman–Crippen MR) is 127 cm³/mol. The molecule has 6 nitrogen and oxygen atoms in total. The molecule has 1 aliphatic rings. The van der Waals surface area contributed by atoms with E-state index in [1.54, 1.807) is 11.3 Å². The normalized spacial score (nSPS) is 14.4. The number of aromatic nitrogens is 1. The summed E-state index contributed by atoms with van der Waals surface area (Å²) >= 11 is 1.72. The van der Waals surface area contributed by atoms with Crippen molar-refractivity contribution in [2.45, 2.75) is 32.1 Å². The molecule has 1 aromatic heterocycles. The molecule has 0 atom stereocenters. The number of hydrogen-bond donors (Lipinski definition) is 1. The van der Waals surface area contributed by atoms with Gasteiger partial charge in [0.15, 0.2) is 0 Å². The molecule has 0 unspecified atom stereocenters. The molecule has 7 heteroatoms. The van der Waals surface area contributed by atoms with Crippen LogP contribution in [0.25, 0.3) is 10.2 Å². The zero-order valence-corrected chi connectivity index (χ0v) is 19.0. The summed E-state index contributed by atoms with van der Waals surface area (Å²) in [5, 5.41) is 4.18. The van der Waals surface area contributed by atoms with E-state index < -0.39 is 0 Å². The molecule has 2 heterocycles. The first kappa shape index (κ1) is 22.3. The first-order valence-corrected chi connectivity index (χ1v) is 12.1. The highest BCUT2D eigenvalue weighted by molar-refractivity contribution is 7.18. The van der Waals surface area contributed by atoms with E-state index >= 15 is 0 Å². The number of carbonyl (C=O) groups is 2. The lowest BCUT2D eigenvalue weighted by molar-refractivity contribution is -0.136. The molecule has 3 aromatic rings. The van der Waals surface area contributed by atoms with E-state index in [0.717, 1.165) is 42.0 Å². The lowest BCUT2D eigenvalue weighted by Gasteiger charge is -2.31. The molecule has 2 aromatic carbocycles. The summed E-state index contributed by atoms with van der Waals surface area (Å²) in [6.07, 6.45) is 3.55. The van der Waals surface area contributed by atoms with Crippen molar-refractivity contribution in [3.63, 3.8) is 0 Å². The Kier molecular flexibility index (Phi) is 7.72. The van der Waals surface area contributed by atoms with Crippen LogP contribution in [0.15, 0.2) is 54.6 Å². The smallest absolute Gasteiger partial charge is 0.225 e. The Morgan fingerprint density at radius 3 is 2.59 bits per heavy atom. The van der Waals surface area contributed by atoms with Gasteiger partial charge in [-0.05, 0) is 43.5 Å². The number of rotatable bonds is 9. The molecule has 0 radical (unpaired) electrons. The molecule has 4 rings (SSSR count). The van der Waals surface area contributed by atoms with Crippen LogP contribution >= 0.6 is 11.3 Å². The molecule has 0 aliphatic carbocycles. The highest BCUT2D eigenvalue weighted by Crippen LogP contribution is 2.22. The lowest BCUT2D eigenvalue weighted by atomic mass is 9.95. The molecule has 1 aliphatic heterocycles. The van der Waals surface area contributed by atoms with Gasteiger partial charge in [0, 0.05) is 32.0 Å². The number of benzene rings is 2. The summed E-state index contributed by atoms with van der Waals surface area (Å²) in [4.78, 5) is 31.4. The number of ether oxygens (including phenoxy) is 1. The molecule has 0 saturated carbocycles. The zero-order chi connectivity index (χ0) is 22.2. The Hall–Kier alpha value is -2.93. The number of hydrogen-bond acceptors (Lipinski definition) is 5. The maximum Gasteiger partial charge on any atom is 0.225 e. The van der Waals surface area contributed by atoms with Gasteiger partial charge in [-0.1, -0.05) is 30.3 Å². The van der Waals surface area contributed by atoms with Crippen LogP contribution in [-0.2, 0) is 16.0 Å². The van der Waals surface area contributed by atoms with Crippen LogP contribution in [0.2, 0.25) is 0 Å². The molecule has 1 N–H and O–H groups in total. The van der Waals surface area contributed by atoms with Gasteiger partial charge in [-0.25, -0.2) is 4.98 Å². The Morgan fingerprint density at radius 1 is 1.06 bits per heavy atom. The van der Waals surface area contributed by atoms with Gasteiger partial charge in [-0.3, -0.25) is 9.59 Å². The average Bonchev–Trinajstić information content (AvgIpc) is 3.25. The standard InChI is InChI=1S/C25H29N3O3S/c29-24(14-18-31-20-7-2-1-3-8-20)28-16-12-19(13-17-28)25(30)26-15-6-11-23-27-21-9-4-5-10-22(21)32-23/h1-5,7-10,19H,6,11-18H2,(H,26,30). The van der Waals surface area contributed by atoms with E-state index in [-0.39, 0.29) is 17.7 Å².